The zero-order valence-corrected chi connectivity index (χ0v) is 11.1. The SMILES string of the molecule is CC1CC(=O)C(C2NCC3CCCC32)C(C)C1. The predicted octanol–water partition coefficient (Wildman–Crippen LogP) is 2.63. The molecule has 2 heteroatoms. The summed E-state index contributed by atoms with van der Waals surface area (Å²) in [5, 5.41) is 3.68. The van der Waals surface area contributed by atoms with Crippen LogP contribution in [0.2, 0.25) is 0 Å². The molecular formula is C15H25NO. The summed E-state index contributed by atoms with van der Waals surface area (Å²) < 4.78 is 0. The van der Waals surface area contributed by atoms with Gasteiger partial charge in [0.15, 0.2) is 0 Å². The van der Waals surface area contributed by atoms with Crippen molar-refractivity contribution >= 4 is 5.78 Å². The van der Waals surface area contributed by atoms with E-state index in [1.165, 1.54) is 32.2 Å². The Morgan fingerprint density at radius 3 is 2.82 bits per heavy atom. The van der Waals surface area contributed by atoms with Crippen LogP contribution in [-0.2, 0) is 4.79 Å². The Morgan fingerprint density at radius 2 is 2.06 bits per heavy atom. The molecule has 0 aromatic rings. The third-order valence-electron chi connectivity index (χ3n) is 5.49. The summed E-state index contributed by atoms with van der Waals surface area (Å²) >= 11 is 0. The van der Waals surface area contributed by atoms with E-state index in [1.807, 2.05) is 0 Å². The average Bonchev–Trinajstić information content (AvgIpc) is 2.80. The number of Topliss-reactive ketones (excluding diaryl/α,β-unsaturated/α-hetero) is 1. The maximum atomic E-state index is 12.4. The molecule has 6 atom stereocenters. The van der Waals surface area contributed by atoms with E-state index in [9.17, 15) is 4.79 Å². The van der Waals surface area contributed by atoms with Gasteiger partial charge >= 0.3 is 0 Å². The normalized spacial score (nSPS) is 50.6. The van der Waals surface area contributed by atoms with Crippen molar-refractivity contribution in [3.8, 4) is 0 Å². The zero-order chi connectivity index (χ0) is 12.0. The molecule has 2 aliphatic carbocycles. The first kappa shape index (κ1) is 11.7. The number of hydrogen-bond donors (Lipinski definition) is 1. The minimum absolute atomic E-state index is 0.319. The number of fused-ring (bicyclic) bond motifs is 1. The molecule has 1 heterocycles. The monoisotopic (exact) mass is 235 g/mol. The first-order valence-corrected chi connectivity index (χ1v) is 7.43. The highest BCUT2D eigenvalue weighted by Gasteiger charge is 2.47. The van der Waals surface area contributed by atoms with Crippen molar-refractivity contribution in [1.82, 2.24) is 5.32 Å². The molecule has 6 unspecified atom stereocenters. The van der Waals surface area contributed by atoms with E-state index in [0.717, 1.165) is 18.3 Å². The van der Waals surface area contributed by atoms with Gasteiger partial charge in [0, 0.05) is 18.4 Å². The summed E-state index contributed by atoms with van der Waals surface area (Å²) in [6.45, 7) is 5.69. The van der Waals surface area contributed by atoms with Crippen molar-refractivity contribution in [1.29, 1.82) is 0 Å². The second kappa shape index (κ2) is 4.38. The number of carbonyl (C=O) groups is 1. The molecule has 3 fully saturated rings. The van der Waals surface area contributed by atoms with Crippen LogP contribution < -0.4 is 5.32 Å². The van der Waals surface area contributed by atoms with E-state index in [4.69, 9.17) is 0 Å². The quantitative estimate of drug-likeness (QED) is 0.757. The van der Waals surface area contributed by atoms with Crippen LogP contribution >= 0.6 is 0 Å². The van der Waals surface area contributed by atoms with Gasteiger partial charge in [0.2, 0.25) is 0 Å². The second-order valence-corrected chi connectivity index (χ2v) is 6.80. The first-order valence-electron chi connectivity index (χ1n) is 7.43. The van der Waals surface area contributed by atoms with Crippen molar-refractivity contribution in [3.05, 3.63) is 0 Å². The number of hydrogen-bond acceptors (Lipinski definition) is 2. The molecule has 0 aromatic heterocycles. The Balaban J connectivity index is 1.76. The summed E-state index contributed by atoms with van der Waals surface area (Å²) in [5.41, 5.74) is 0. The van der Waals surface area contributed by atoms with Crippen LogP contribution in [0.1, 0.15) is 46.0 Å². The van der Waals surface area contributed by atoms with E-state index in [2.05, 4.69) is 19.2 Å². The maximum absolute atomic E-state index is 12.4. The molecule has 17 heavy (non-hydrogen) atoms. The van der Waals surface area contributed by atoms with E-state index in [-0.39, 0.29) is 0 Å². The largest absolute Gasteiger partial charge is 0.313 e. The topological polar surface area (TPSA) is 29.1 Å². The van der Waals surface area contributed by atoms with Gasteiger partial charge in [0.05, 0.1) is 0 Å². The lowest BCUT2D eigenvalue weighted by molar-refractivity contribution is -0.129. The predicted molar refractivity (Wildman–Crippen MR) is 68.7 cm³/mol. The first-order chi connectivity index (χ1) is 8.16. The molecule has 0 spiro atoms. The van der Waals surface area contributed by atoms with Crippen LogP contribution in [0.25, 0.3) is 0 Å². The summed E-state index contributed by atoms with van der Waals surface area (Å²) in [6, 6.07) is 0.512. The molecule has 1 saturated heterocycles. The van der Waals surface area contributed by atoms with Crippen LogP contribution in [0.5, 0.6) is 0 Å². The Morgan fingerprint density at radius 1 is 1.24 bits per heavy atom. The lowest BCUT2D eigenvalue weighted by Crippen LogP contribution is -2.46. The second-order valence-electron chi connectivity index (χ2n) is 6.80. The highest BCUT2D eigenvalue weighted by atomic mass is 16.1. The van der Waals surface area contributed by atoms with E-state index >= 15 is 0 Å². The lowest BCUT2D eigenvalue weighted by Gasteiger charge is -2.37. The van der Waals surface area contributed by atoms with Gasteiger partial charge in [-0.1, -0.05) is 20.3 Å². The van der Waals surface area contributed by atoms with Gasteiger partial charge in [-0.05, 0) is 49.5 Å². The van der Waals surface area contributed by atoms with Crippen LogP contribution in [-0.4, -0.2) is 18.4 Å². The van der Waals surface area contributed by atoms with Gasteiger partial charge in [-0.25, -0.2) is 0 Å². The zero-order valence-electron chi connectivity index (χ0n) is 11.1. The van der Waals surface area contributed by atoms with Crippen molar-refractivity contribution in [2.45, 2.75) is 52.0 Å². The van der Waals surface area contributed by atoms with Crippen molar-refractivity contribution < 1.29 is 4.79 Å². The number of nitrogens with one attached hydrogen (secondary N) is 1. The fourth-order valence-corrected chi connectivity index (χ4v) is 4.84. The molecule has 0 aromatic carbocycles. The third-order valence-corrected chi connectivity index (χ3v) is 5.49. The van der Waals surface area contributed by atoms with Crippen molar-refractivity contribution in [3.63, 3.8) is 0 Å². The van der Waals surface area contributed by atoms with Crippen molar-refractivity contribution in [2.75, 3.05) is 6.54 Å². The fourth-order valence-electron chi connectivity index (χ4n) is 4.84. The molecule has 96 valence electrons. The Bertz CT molecular complexity index is 314. The molecule has 1 N–H and O–H groups in total. The van der Waals surface area contributed by atoms with E-state index in [0.29, 0.717) is 29.6 Å². The van der Waals surface area contributed by atoms with E-state index in [1.54, 1.807) is 0 Å². The van der Waals surface area contributed by atoms with Crippen LogP contribution in [0.4, 0.5) is 0 Å². The summed E-state index contributed by atoms with van der Waals surface area (Å²) in [6.07, 6.45) is 6.20. The summed E-state index contributed by atoms with van der Waals surface area (Å²) in [4.78, 5) is 12.4. The van der Waals surface area contributed by atoms with Gasteiger partial charge in [-0.15, -0.1) is 0 Å². The highest BCUT2D eigenvalue weighted by Crippen LogP contribution is 2.44. The van der Waals surface area contributed by atoms with E-state index < -0.39 is 0 Å². The Labute approximate surface area is 105 Å². The molecule has 0 amide bonds. The lowest BCUT2D eigenvalue weighted by atomic mass is 9.69. The van der Waals surface area contributed by atoms with Gasteiger partial charge in [-0.3, -0.25) is 4.79 Å². The summed E-state index contributed by atoms with van der Waals surface area (Å²) in [7, 11) is 0. The van der Waals surface area contributed by atoms with Crippen LogP contribution in [0.3, 0.4) is 0 Å². The third kappa shape index (κ3) is 1.95. The summed E-state index contributed by atoms with van der Waals surface area (Å²) in [5.74, 6) is 3.73. The fraction of sp³-hybridized carbons (Fsp3) is 0.933. The number of ketones is 1. The van der Waals surface area contributed by atoms with Crippen LogP contribution in [0.15, 0.2) is 0 Å². The molecule has 0 bridgehead atoms. The molecule has 2 nitrogen and oxygen atoms in total. The number of carbonyl (C=O) groups excluding carboxylic acids is 1. The molecule has 3 rings (SSSR count). The van der Waals surface area contributed by atoms with Gasteiger partial charge in [-0.2, -0.15) is 0 Å². The Hall–Kier alpha value is -0.370. The van der Waals surface area contributed by atoms with Crippen molar-refractivity contribution in [2.24, 2.45) is 29.6 Å². The van der Waals surface area contributed by atoms with Gasteiger partial charge in [0.1, 0.15) is 5.78 Å². The molecular weight excluding hydrogens is 210 g/mol. The van der Waals surface area contributed by atoms with Gasteiger partial charge in [0.25, 0.3) is 0 Å². The molecule has 3 aliphatic rings. The average molecular weight is 235 g/mol. The minimum Gasteiger partial charge on any atom is -0.313 e. The van der Waals surface area contributed by atoms with Crippen LogP contribution in [0, 0.1) is 29.6 Å². The molecule has 0 radical (unpaired) electrons. The smallest absolute Gasteiger partial charge is 0.138 e. The maximum Gasteiger partial charge on any atom is 0.138 e. The highest BCUT2D eigenvalue weighted by molar-refractivity contribution is 5.83. The van der Waals surface area contributed by atoms with Gasteiger partial charge < -0.3 is 5.32 Å². The molecule has 2 saturated carbocycles. The minimum atomic E-state index is 0.319. The number of rotatable bonds is 1. The molecule has 1 aliphatic heterocycles. The Kier molecular flexibility index (Phi) is 3.02. The standard InChI is InChI=1S/C15H25NO/c1-9-6-10(2)14(13(17)7-9)15-12-5-3-4-11(12)8-16-15/h9-12,14-16H,3-8H2,1-2H3.